The minimum absolute atomic E-state index is 0.0719. The largest absolute Gasteiger partial charge is 0.691 e. The van der Waals surface area contributed by atoms with Crippen LogP contribution in [0, 0.1) is 11.6 Å². The van der Waals surface area contributed by atoms with Crippen molar-refractivity contribution in [2.24, 2.45) is 0 Å². The fourth-order valence-electron chi connectivity index (χ4n) is 0.833. The summed E-state index contributed by atoms with van der Waals surface area (Å²) in [5.74, 6) is -1.40. The van der Waals surface area contributed by atoms with E-state index < -0.39 is 11.6 Å². The molecule has 1 aromatic carbocycles. The molecule has 7 heteroatoms. The Hall–Kier alpha value is -0.340. The van der Waals surface area contributed by atoms with Crippen molar-refractivity contribution in [2.75, 3.05) is 6.26 Å². The number of benzene rings is 1. The lowest BCUT2D eigenvalue weighted by Crippen LogP contribution is -2.01. The van der Waals surface area contributed by atoms with Gasteiger partial charge in [-0.1, -0.05) is 0 Å². The van der Waals surface area contributed by atoms with E-state index in [-0.39, 0.29) is 9.79 Å². The maximum absolute atomic E-state index is 13.1. The lowest BCUT2D eigenvalue weighted by molar-refractivity contribution is -0.777. The van der Waals surface area contributed by atoms with Crippen LogP contribution in [-0.2, 0) is 9.37 Å². The van der Waals surface area contributed by atoms with E-state index in [2.05, 4.69) is 9.37 Å². The van der Waals surface area contributed by atoms with Gasteiger partial charge in [-0.3, -0.25) is 5.04 Å². The SMILES string of the molecule is CSc1c(F)cc(SOO[O-])cc1F. The summed E-state index contributed by atoms with van der Waals surface area (Å²) in [6, 6.07) is 2.11. The molecule has 0 fully saturated rings. The molecule has 0 bridgehead atoms. The molecule has 0 aromatic heterocycles. The van der Waals surface area contributed by atoms with Crippen LogP contribution in [0.15, 0.2) is 21.9 Å². The molecular weight excluding hydrogens is 234 g/mol. The van der Waals surface area contributed by atoms with Gasteiger partial charge in [-0.05, 0) is 18.4 Å². The number of thioether (sulfide) groups is 1. The Morgan fingerprint density at radius 2 is 1.86 bits per heavy atom. The second-order valence-corrected chi connectivity index (χ2v) is 3.73. The van der Waals surface area contributed by atoms with Crippen LogP contribution in [0.5, 0.6) is 0 Å². The van der Waals surface area contributed by atoms with E-state index in [0.29, 0.717) is 12.0 Å². The molecule has 0 unspecified atom stereocenters. The van der Waals surface area contributed by atoms with Gasteiger partial charge >= 0.3 is 0 Å². The van der Waals surface area contributed by atoms with Gasteiger partial charge in [-0.2, -0.15) is 4.33 Å². The van der Waals surface area contributed by atoms with Gasteiger partial charge in [0.25, 0.3) is 0 Å². The molecule has 3 nitrogen and oxygen atoms in total. The van der Waals surface area contributed by atoms with E-state index in [1.165, 1.54) is 0 Å². The lowest BCUT2D eigenvalue weighted by atomic mass is 10.3. The van der Waals surface area contributed by atoms with Crippen molar-refractivity contribution in [3.05, 3.63) is 23.8 Å². The van der Waals surface area contributed by atoms with Crippen LogP contribution < -0.4 is 5.26 Å². The average molecular weight is 239 g/mol. The van der Waals surface area contributed by atoms with Crippen LogP contribution in [0.1, 0.15) is 0 Å². The highest BCUT2D eigenvalue weighted by Gasteiger charge is 2.10. The van der Waals surface area contributed by atoms with E-state index in [4.69, 9.17) is 0 Å². The molecule has 0 atom stereocenters. The van der Waals surface area contributed by atoms with Crippen molar-refractivity contribution in [1.82, 2.24) is 0 Å². The van der Waals surface area contributed by atoms with Gasteiger partial charge in [0.2, 0.25) is 0 Å². The Bertz CT molecular complexity index is 299. The molecule has 1 aromatic rings. The van der Waals surface area contributed by atoms with Crippen molar-refractivity contribution < 1.29 is 23.4 Å². The minimum atomic E-state index is -0.700. The third kappa shape index (κ3) is 2.82. The van der Waals surface area contributed by atoms with Crippen LogP contribution in [0.2, 0.25) is 0 Å². The zero-order chi connectivity index (χ0) is 10.6. The predicted molar refractivity (Wildman–Crippen MR) is 46.2 cm³/mol. The molecular formula is C7H5F2O3S2-. The molecule has 0 heterocycles. The Kier molecular flexibility index (Phi) is 4.63. The lowest BCUT2D eigenvalue weighted by Gasteiger charge is -2.06. The van der Waals surface area contributed by atoms with E-state index in [1.807, 2.05) is 0 Å². The maximum atomic E-state index is 13.1. The van der Waals surface area contributed by atoms with Crippen LogP contribution >= 0.6 is 23.8 Å². The number of rotatable bonds is 4. The van der Waals surface area contributed by atoms with Gasteiger partial charge in [-0.25, -0.2) is 8.78 Å². The molecule has 0 saturated heterocycles. The van der Waals surface area contributed by atoms with Crippen LogP contribution in [-0.4, -0.2) is 6.26 Å². The summed E-state index contributed by atoms with van der Waals surface area (Å²) in [5.41, 5.74) is 0. The molecule has 0 amide bonds. The smallest absolute Gasteiger partial charge is 0.140 e. The Morgan fingerprint density at radius 1 is 1.29 bits per heavy atom. The first kappa shape index (κ1) is 11.7. The zero-order valence-electron chi connectivity index (χ0n) is 6.95. The first-order valence-electron chi connectivity index (χ1n) is 3.35. The van der Waals surface area contributed by atoms with Crippen molar-refractivity contribution >= 4 is 23.8 Å². The first-order chi connectivity index (χ1) is 6.69. The third-order valence-electron chi connectivity index (χ3n) is 1.33. The maximum Gasteiger partial charge on any atom is 0.140 e. The summed E-state index contributed by atoms with van der Waals surface area (Å²) in [4.78, 5) is 0.0473. The number of hydrogen-bond donors (Lipinski definition) is 0. The highest BCUT2D eigenvalue weighted by Crippen LogP contribution is 2.28. The molecule has 0 N–H and O–H groups in total. The molecule has 0 spiro atoms. The highest BCUT2D eigenvalue weighted by atomic mass is 32.2. The monoisotopic (exact) mass is 239 g/mol. The summed E-state index contributed by atoms with van der Waals surface area (Å²) in [5, 5.41) is 12.5. The molecule has 1 rings (SSSR count). The topological polar surface area (TPSA) is 41.5 Å². The number of halogens is 2. The zero-order valence-corrected chi connectivity index (χ0v) is 8.58. The Morgan fingerprint density at radius 3 is 2.29 bits per heavy atom. The normalized spacial score (nSPS) is 10.6. The van der Waals surface area contributed by atoms with Gasteiger partial charge in [0.15, 0.2) is 0 Å². The number of hydrogen-bond acceptors (Lipinski definition) is 5. The predicted octanol–water partition coefficient (Wildman–Crippen LogP) is 1.92. The van der Waals surface area contributed by atoms with Gasteiger partial charge in [-0.15, -0.1) is 11.8 Å². The van der Waals surface area contributed by atoms with Crippen LogP contribution in [0.25, 0.3) is 0 Å². The third-order valence-corrected chi connectivity index (χ3v) is 2.68. The fraction of sp³-hybridized carbons (Fsp3) is 0.143. The second kappa shape index (κ2) is 5.52. The summed E-state index contributed by atoms with van der Waals surface area (Å²) in [7, 11) is 0. The van der Waals surface area contributed by atoms with E-state index in [0.717, 1.165) is 23.9 Å². The quantitative estimate of drug-likeness (QED) is 0.347. The molecule has 0 saturated carbocycles. The molecule has 0 aliphatic carbocycles. The van der Waals surface area contributed by atoms with Gasteiger partial charge in [0, 0.05) is 4.90 Å². The van der Waals surface area contributed by atoms with Crippen molar-refractivity contribution in [1.29, 1.82) is 0 Å². The standard InChI is InChI=1S/C7H6F2O3S2/c1-13-7-5(8)2-4(3-6(7)9)14-12-11-10/h2-3,10H,1H3/p-1. The van der Waals surface area contributed by atoms with Crippen LogP contribution in [0.4, 0.5) is 8.78 Å². The minimum Gasteiger partial charge on any atom is -0.691 e. The van der Waals surface area contributed by atoms with E-state index in [9.17, 15) is 14.0 Å². The molecule has 0 radical (unpaired) electrons. The second-order valence-electron chi connectivity index (χ2n) is 2.14. The van der Waals surface area contributed by atoms with Crippen molar-refractivity contribution in [2.45, 2.75) is 9.79 Å². The van der Waals surface area contributed by atoms with Crippen molar-refractivity contribution in [3.8, 4) is 0 Å². The molecule has 78 valence electrons. The van der Waals surface area contributed by atoms with Gasteiger partial charge in [0.05, 0.1) is 16.9 Å². The van der Waals surface area contributed by atoms with Crippen LogP contribution in [0.3, 0.4) is 0 Å². The summed E-state index contributed by atoms with van der Waals surface area (Å²) >= 11 is 1.41. The highest BCUT2D eigenvalue weighted by molar-refractivity contribution is 7.98. The Labute approximate surface area is 87.5 Å². The first-order valence-corrected chi connectivity index (χ1v) is 5.32. The van der Waals surface area contributed by atoms with Gasteiger partial charge < -0.3 is 5.26 Å². The molecule has 0 aliphatic heterocycles. The van der Waals surface area contributed by atoms with Crippen molar-refractivity contribution in [3.63, 3.8) is 0 Å². The van der Waals surface area contributed by atoms with Gasteiger partial charge in [0.1, 0.15) is 11.6 Å². The average Bonchev–Trinajstić information content (AvgIpc) is 2.14. The summed E-state index contributed by atoms with van der Waals surface area (Å²) < 4.78 is 30.1. The fourth-order valence-corrected chi connectivity index (χ4v) is 1.75. The summed E-state index contributed by atoms with van der Waals surface area (Å²) in [6.45, 7) is 0. The Balaban J connectivity index is 2.90. The van der Waals surface area contributed by atoms with E-state index >= 15 is 0 Å². The van der Waals surface area contributed by atoms with E-state index in [1.54, 1.807) is 6.26 Å². The molecule has 0 aliphatic rings. The summed E-state index contributed by atoms with van der Waals surface area (Å²) in [6.07, 6.45) is 1.56. The molecule has 14 heavy (non-hydrogen) atoms.